The molecule has 60 heavy (non-hydrogen) atoms. The quantitative estimate of drug-likeness (QED) is 0.0407. The first-order chi connectivity index (χ1) is 24.9. The number of hydrogen-bond acceptors (Lipinski definition) is 19. The van der Waals surface area contributed by atoms with Crippen LogP contribution in [0.1, 0.15) is 51.7 Å². The van der Waals surface area contributed by atoms with Gasteiger partial charge in [0, 0.05) is 58.1 Å². The van der Waals surface area contributed by atoms with Crippen LogP contribution in [0.5, 0.6) is 0 Å². The van der Waals surface area contributed by atoms with Crippen molar-refractivity contribution in [1.29, 1.82) is 0 Å². The van der Waals surface area contributed by atoms with Gasteiger partial charge in [-0.2, -0.15) is 17.3 Å². The van der Waals surface area contributed by atoms with E-state index in [-0.39, 0.29) is 225 Å². The van der Waals surface area contributed by atoms with Crippen molar-refractivity contribution < 1.29 is 232 Å². The van der Waals surface area contributed by atoms with Gasteiger partial charge in [0.2, 0.25) is 5.69 Å². The summed E-state index contributed by atoms with van der Waals surface area (Å²) >= 11 is 0.268. The fraction of sp³-hybridized carbons (Fsp3) is 0.414. The maximum Gasteiger partial charge on any atom is 1.00 e. The van der Waals surface area contributed by atoms with Crippen LogP contribution in [0.4, 0.5) is 11.4 Å². The Morgan fingerprint density at radius 2 is 1.30 bits per heavy atom. The fourth-order valence-corrected chi connectivity index (χ4v) is 10.6. The average Bonchev–Trinajstić information content (AvgIpc) is 3.35. The Morgan fingerprint density at radius 1 is 0.750 bits per heavy atom. The number of rotatable bonds is 16. The minimum atomic E-state index is -5.46. The summed E-state index contributed by atoms with van der Waals surface area (Å²) in [5, 5.41) is 13.8. The van der Waals surface area contributed by atoms with Crippen molar-refractivity contribution in [3.05, 3.63) is 59.3 Å². The molecule has 0 aliphatic carbocycles. The van der Waals surface area contributed by atoms with E-state index in [0.717, 1.165) is 12.1 Å². The van der Waals surface area contributed by atoms with Crippen molar-refractivity contribution in [3.8, 4) is 0 Å². The Labute approximate surface area is 464 Å². The maximum atomic E-state index is 12.5. The fourth-order valence-electron chi connectivity index (χ4n) is 6.78. The molecule has 2 aromatic rings. The molecule has 31 heteroatoms. The average molecular weight is 1000 g/mol. The Hall–Kier alpha value is 2.17. The van der Waals surface area contributed by atoms with Gasteiger partial charge in [0.1, 0.15) is 36.9 Å². The second-order valence-electron chi connectivity index (χ2n) is 13.3. The SMILES string of the molecule is CC1(C)C(C=C/C=C2/N(CCCS(=O)(=O)[O-])c3cc(S(=O)(=O)[O-])cc(S(=O)(=O)[O-])c3C2(C)C)=[N+](CCCS(=O)(=O)O)c2cc(SOO[O-])cc(S(=O)(=O)[O-])c21.[Na+].[Na+].[Na+].[Na+].[Na+]. The van der Waals surface area contributed by atoms with E-state index in [0.29, 0.717) is 6.07 Å². The molecule has 2 heterocycles. The second kappa shape index (κ2) is 23.9. The number of allylic oxidation sites excluding steroid dienone is 4. The second-order valence-corrected chi connectivity index (χ2v) is 21.3. The predicted octanol–water partition coefficient (Wildman–Crippen LogP) is -14.5. The minimum absolute atomic E-state index is 0. The Kier molecular flexibility index (Phi) is 25.6. The van der Waals surface area contributed by atoms with Gasteiger partial charge in [-0.3, -0.25) is 9.59 Å². The number of anilines is 1. The summed E-state index contributed by atoms with van der Waals surface area (Å²) < 4.78 is 184. The molecule has 0 bridgehead atoms. The monoisotopic (exact) mass is 1000 g/mol. The van der Waals surface area contributed by atoms with Gasteiger partial charge in [-0.25, -0.2) is 33.7 Å². The smallest absolute Gasteiger partial charge is 0.748 e. The summed E-state index contributed by atoms with van der Waals surface area (Å²) in [5.74, 6) is -1.64. The molecule has 0 radical (unpaired) electrons. The van der Waals surface area contributed by atoms with Gasteiger partial charge in [0.25, 0.3) is 10.1 Å². The van der Waals surface area contributed by atoms with Crippen LogP contribution in [-0.2, 0) is 70.8 Å². The van der Waals surface area contributed by atoms with Crippen LogP contribution in [0.2, 0.25) is 0 Å². The van der Waals surface area contributed by atoms with Crippen molar-refractivity contribution in [3.63, 3.8) is 0 Å². The molecule has 0 fully saturated rings. The van der Waals surface area contributed by atoms with Crippen molar-refractivity contribution >= 4 is 79.7 Å². The Bertz CT molecular complexity index is 2580. The third-order valence-electron chi connectivity index (χ3n) is 8.86. The Balaban J connectivity index is 0. The molecular weight excluding hydrogens is 972 g/mol. The topological polar surface area (TPSA) is 331 Å². The van der Waals surface area contributed by atoms with E-state index in [1.807, 2.05) is 0 Å². The van der Waals surface area contributed by atoms with Gasteiger partial charge in [0.15, 0.2) is 5.71 Å². The molecular formula is C29H32N2Na5O18S6+. The molecule has 0 unspecified atom stereocenters. The first kappa shape index (κ1) is 64.3. The summed E-state index contributed by atoms with van der Waals surface area (Å²) in [5.41, 5.74) is -3.02. The molecule has 20 nitrogen and oxygen atoms in total. The van der Waals surface area contributed by atoms with Gasteiger partial charge in [-0.1, -0.05) is 19.9 Å². The zero-order valence-electron chi connectivity index (χ0n) is 34.0. The van der Waals surface area contributed by atoms with Crippen molar-refractivity contribution in [2.45, 2.75) is 70.9 Å². The molecule has 0 saturated heterocycles. The van der Waals surface area contributed by atoms with Crippen LogP contribution < -0.4 is 158 Å². The molecule has 2 aliphatic rings. The van der Waals surface area contributed by atoms with Gasteiger partial charge in [-0.05, 0) is 44.5 Å². The normalized spacial score (nSPS) is 16.6. The molecule has 2 aliphatic heterocycles. The molecule has 0 amide bonds. The van der Waals surface area contributed by atoms with Crippen molar-refractivity contribution in [1.82, 2.24) is 0 Å². The van der Waals surface area contributed by atoms with Crippen LogP contribution in [-0.4, -0.2) is 99.7 Å². The van der Waals surface area contributed by atoms with Crippen LogP contribution in [0.15, 0.2) is 67.8 Å². The molecule has 0 spiro atoms. The summed E-state index contributed by atoms with van der Waals surface area (Å²) in [7, 11) is -25.3. The maximum absolute atomic E-state index is 12.5. The number of fused-ring (bicyclic) bond motifs is 2. The van der Waals surface area contributed by atoms with Gasteiger partial charge >= 0.3 is 148 Å². The van der Waals surface area contributed by atoms with Crippen LogP contribution in [0, 0.1) is 0 Å². The molecule has 306 valence electrons. The largest absolute Gasteiger partial charge is 1.00 e. The van der Waals surface area contributed by atoms with E-state index >= 15 is 0 Å². The molecule has 4 rings (SSSR count). The van der Waals surface area contributed by atoms with Crippen LogP contribution >= 0.6 is 12.0 Å². The third-order valence-corrected chi connectivity index (χ3v) is 13.5. The number of hydrogen-bond donors (Lipinski definition) is 1. The standard InChI is InChI=1S/C29H36N2O18S6.5Na/c1-28(2)24(30(10-6-12-51(33,34)35)20-14-18(50-49-48-32)15-22(26(20)28)54(42,43)44)8-5-9-25-29(3,4)27-21(31(25)11-7-13-52(36,37)38)16-19(53(39,40)41)17-23(27)55(45,46)47;;;;;/h5,8-9,14-17H,6-7,10-13H2,1-4H3,(H5-,32,33,34,35,36,37,38,39,40,41,42,43,44,45,46,47);;;;;/q;5*+1/p-4. The van der Waals surface area contributed by atoms with Gasteiger partial charge < -0.3 is 28.4 Å². The van der Waals surface area contributed by atoms with Crippen LogP contribution in [0.25, 0.3) is 0 Å². The van der Waals surface area contributed by atoms with E-state index in [1.54, 1.807) is 0 Å². The summed E-state index contributed by atoms with van der Waals surface area (Å²) in [6.07, 6.45) is 3.49. The Morgan fingerprint density at radius 3 is 1.78 bits per heavy atom. The van der Waals surface area contributed by atoms with Gasteiger partial charge in [-0.15, -0.1) is 0 Å². The molecule has 0 aromatic heterocycles. The molecule has 1 N–H and O–H groups in total. The number of nitrogens with zero attached hydrogens (tertiary/aromatic N) is 2. The minimum Gasteiger partial charge on any atom is -0.748 e. The third kappa shape index (κ3) is 15.6. The molecule has 0 atom stereocenters. The van der Waals surface area contributed by atoms with E-state index in [2.05, 4.69) is 9.37 Å². The van der Waals surface area contributed by atoms with E-state index < -0.39 is 87.6 Å². The van der Waals surface area contributed by atoms with E-state index in [9.17, 15) is 70.1 Å². The zero-order chi connectivity index (χ0) is 41.7. The van der Waals surface area contributed by atoms with Crippen molar-refractivity contribution in [2.24, 2.45) is 0 Å². The predicted molar refractivity (Wildman–Crippen MR) is 185 cm³/mol. The first-order valence-electron chi connectivity index (χ1n) is 15.5. The van der Waals surface area contributed by atoms with E-state index in [1.165, 1.54) is 61.5 Å². The molecule has 2 aromatic carbocycles. The number of benzene rings is 2. The summed E-state index contributed by atoms with van der Waals surface area (Å²) in [6.45, 7) is 5.37. The first-order valence-corrected chi connectivity index (χ1v) is 23.6. The van der Waals surface area contributed by atoms with Gasteiger partial charge in [0.05, 0.1) is 53.6 Å². The summed E-state index contributed by atoms with van der Waals surface area (Å²) in [4.78, 5) is -1.70. The summed E-state index contributed by atoms with van der Waals surface area (Å²) in [6, 6.07) is 3.51. The van der Waals surface area contributed by atoms with Crippen molar-refractivity contribution in [2.75, 3.05) is 29.5 Å². The van der Waals surface area contributed by atoms with Crippen LogP contribution in [0.3, 0.4) is 0 Å². The van der Waals surface area contributed by atoms with E-state index in [4.69, 9.17) is 0 Å². The molecule has 0 saturated carbocycles. The zero-order valence-corrected chi connectivity index (χ0v) is 48.9.